The molecule has 2 heterocycles. The van der Waals surface area contributed by atoms with Crippen LogP contribution in [0.15, 0.2) is 47.5 Å². The number of methoxy groups -OCH3 is 2. The van der Waals surface area contributed by atoms with Crippen molar-refractivity contribution in [3.8, 4) is 11.5 Å². The number of hydrogen-bond donors (Lipinski definition) is 0. The van der Waals surface area contributed by atoms with Gasteiger partial charge in [0.15, 0.2) is 15.0 Å². The minimum Gasteiger partial charge on any atom is -0.497 e. The molecule has 2 atom stereocenters. The Morgan fingerprint density at radius 3 is 2.58 bits per heavy atom. The molecule has 0 spiro atoms. The lowest BCUT2D eigenvalue weighted by Crippen LogP contribution is -2.38. The molecule has 2 saturated heterocycles. The van der Waals surface area contributed by atoms with E-state index in [9.17, 15) is 13.2 Å². The topological polar surface area (TPSA) is 85.3 Å². The smallest absolute Gasteiger partial charge is 0.252 e. The van der Waals surface area contributed by atoms with Crippen molar-refractivity contribution in [2.75, 3.05) is 30.6 Å². The molecule has 4 rings (SSSR count). The third kappa shape index (κ3) is 4.68. The van der Waals surface area contributed by atoms with Crippen LogP contribution in [0.3, 0.4) is 0 Å². The summed E-state index contributed by atoms with van der Waals surface area (Å²) in [7, 11) is -0.0565. The lowest BCUT2D eigenvalue weighted by Gasteiger charge is -2.26. The largest absolute Gasteiger partial charge is 0.497 e. The first-order chi connectivity index (χ1) is 14.8. The van der Waals surface area contributed by atoms with Gasteiger partial charge in [-0.3, -0.25) is 4.79 Å². The molecular formula is C21H21ClN2O5S2. The van der Waals surface area contributed by atoms with E-state index in [1.165, 1.54) is 18.9 Å². The molecule has 164 valence electrons. The molecular weight excluding hydrogens is 460 g/mol. The fourth-order valence-corrected chi connectivity index (χ4v) is 7.85. The number of sulfone groups is 1. The highest BCUT2D eigenvalue weighted by atomic mass is 35.5. The lowest BCUT2D eigenvalue weighted by atomic mass is 10.1. The van der Waals surface area contributed by atoms with Crippen molar-refractivity contribution in [2.45, 2.75) is 17.7 Å². The zero-order valence-electron chi connectivity index (χ0n) is 16.9. The van der Waals surface area contributed by atoms with Crippen molar-refractivity contribution in [1.82, 2.24) is 0 Å². The second kappa shape index (κ2) is 8.72. The van der Waals surface area contributed by atoms with Crippen LogP contribution in [0.4, 0.5) is 5.69 Å². The third-order valence-corrected chi connectivity index (χ3v) is 8.65. The molecule has 0 aromatic heterocycles. The number of halogens is 1. The first-order valence-electron chi connectivity index (χ1n) is 9.54. The highest BCUT2D eigenvalue weighted by molar-refractivity contribution is 8.16. The number of amidine groups is 1. The van der Waals surface area contributed by atoms with Crippen LogP contribution >= 0.6 is 23.4 Å². The Labute approximate surface area is 190 Å². The van der Waals surface area contributed by atoms with Gasteiger partial charge in [0.05, 0.1) is 43.9 Å². The number of amides is 1. The minimum absolute atomic E-state index is 0.00791. The molecule has 2 aliphatic heterocycles. The summed E-state index contributed by atoms with van der Waals surface area (Å²) in [6, 6.07) is 12.0. The van der Waals surface area contributed by atoms with Gasteiger partial charge in [-0.25, -0.2) is 8.42 Å². The zero-order chi connectivity index (χ0) is 22.2. The average molecular weight is 481 g/mol. The molecule has 2 aromatic rings. The van der Waals surface area contributed by atoms with Gasteiger partial charge in [0.25, 0.3) is 5.91 Å². The van der Waals surface area contributed by atoms with E-state index in [4.69, 9.17) is 21.1 Å². The van der Waals surface area contributed by atoms with Gasteiger partial charge in [-0.05, 0) is 35.9 Å². The number of thioether (sulfide) groups is 1. The van der Waals surface area contributed by atoms with Gasteiger partial charge >= 0.3 is 0 Å². The first-order valence-corrected chi connectivity index (χ1v) is 12.6. The fourth-order valence-electron chi connectivity index (χ4n) is 3.76. The summed E-state index contributed by atoms with van der Waals surface area (Å²) in [6.07, 6.45) is 0.127. The van der Waals surface area contributed by atoms with E-state index < -0.39 is 9.84 Å². The van der Waals surface area contributed by atoms with Gasteiger partial charge in [0.1, 0.15) is 11.5 Å². The van der Waals surface area contributed by atoms with Crippen LogP contribution in [-0.4, -0.2) is 56.5 Å². The number of carbonyl (C=O) groups excluding carboxylic acids is 1. The maximum atomic E-state index is 12.7. The van der Waals surface area contributed by atoms with Gasteiger partial charge in [0.2, 0.25) is 0 Å². The molecule has 7 nitrogen and oxygen atoms in total. The third-order valence-electron chi connectivity index (χ3n) is 5.20. The second-order valence-corrected chi connectivity index (χ2v) is 11.1. The molecule has 2 aliphatic rings. The maximum absolute atomic E-state index is 12.7. The number of ether oxygens (including phenoxy) is 2. The summed E-state index contributed by atoms with van der Waals surface area (Å²) < 4.78 is 35.1. The van der Waals surface area contributed by atoms with Crippen molar-refractivity contribution in [1.29, 1.82) is 0 Å². The number of nitrogens with zero attached hydrogens (tertiary/aromatic N) is 2. The molecule has 0 radical (unpaired) electrons. The Bertz CT molecular complexity index is 1130. The zero-order valence-corrected chi connectivity index (χ0v) is 19.3. The molecule has 0 saturated carbocycles. The summed E-state index contributed by atoms with van der Waals surface area (Å²) in [5.74, 6) is 0.966. The van der Waals surface area contributed by atoms with Crippen molar-refractivity contribution < 1.29 is 22.7 Å². The average Bonchev–Trinajstić information content (AvgIpc) is 3.19. The molecule has 2 aromatic carbocycles. The molecule has 10 heteroatoms. The van der Waals surface area contributed by atoms with Crippen LogP contribution in [0.25, 0.3) is 0 Å². The van der Waals surface area contributed by atoms with Crippen LogP contribution in [0.5, 0.6) is 11.5 Å². The summed E-state index contributed by atoms with van der Waals surface area (Å²) in [4.78, 5) is 18.9. The number of benzene rings is 2. The van der Waals surface area contributed by atoms with Gasteiger partial charge in [-0.1, -0.05) is 35.5 Å². The highest BCUT2D eigenvalue weighted by Crippen LogP contribution is 2.44. The van der Waals surface area contributed by atoms with E-state index in [2.05, 4.69) is 4.99 Å². The van der Waals surface area contributed by atoms with Crippen molar-refractivity contribution in [2.24, 2.45) is 4.99 Å². The summed E-state index contributed by atoms with van der Waals surface area (Å²) in [6.45, 7) is 0. The van der Waals surface area contributed by atoms with E-state index in [1.54, 1.807) is 42.3 Å². The Morgan fingerprint density at radius 1 is 1.16 bits per heavy atom. The summed E-state index contributed by atoms with van der Waals surface area (Å²) in [5, 5.41) is 0.735. The van der Waals surface area contributed by atoms with E-state index in [1.807, 2.05) is 12.1 Å². The quantitative estimate of drug-likeness (QED) is 0.649. The minimum atomic E-state index is -3.17. The molecule has 31 heavy (non-hydrogen) atoms. The Balaban J connectivity index is 1.67. The number of hydrogen-bond acceptors (Lipinski definition) is 6. The molecule has 2 fully saturated rings. The molecule has 1 amide bonds. The van der Waals surface area contributed by atoms with Crippen LogP contribution in [0.2, 0.25) is 5.02 Å². The highest BCUT2D eigenvalue weighted by Gasteiger charge is 2.50. The van der Waals surface area contributed by atoms with E-state index in [0.717, 1.165) is 5.56 Å². The predicted molar refractivity (Wildman–Crippen MR) is 123 cm³/mol. The van der Waals surface area contributed by atoms with E-state index >= 15 is 0 Å². The normalized spacial score (nSPS) is 23.1. The van der Waals surface area contributed by atoms with E-state index in [0.29, 0.717) is 27.4 Å². The Hall–Kier alpha value is -2.23. The molecule has 0 bridgehead atoms. The summed E-state index contributed by atoms with van der Waals surface area (Å²) >= 11 is 7.53. The number of aliphatic imine (C=N–C) groups is 1. The predicted octanol–water partition coefficient (Wildman–Crippen LogP) is 3.20. The van der Waals surface area contributed by atoms with E-state index in [-0.39, 0.29) is 35.1 Å². The van der Waals surface area contributed by atoms with Crippen LogP contribution < -0.4 is 14.4 Å². The Kier molecular flexibility index (Phi) is 6.18. The van der Waals surface area contributed by atoms with Crippen LogP contribution in [-0.2, 0) is 21.1 Å². The number of carbonyl (C=O) groups is 1. The van der Waals surface area contributed by atoms with Crippen molar-refractivity contribution >= 4 is 50.0 Å². The van der Waals surface area contributed by atoms with Crippen LogP contribution in [0.1, 0.15) is 5.56 Å². The number of fused-ring (bicyclic) bond motifs is 1. The monoisotopic (exact) mass is 480 g/mol. The lowest BCUT2D eigenvalue weighted by molar-refractivity contribution is -0.117. The molecule has 0 aliphatic carbocycles. The van der Waals surface area contributed by atoms with Gasteiger partial charge in [-0.15, -0.1) is 0 Å². The van der Waals surface area contributed by atoms with Crippen molar-refractivity contribution in [3.05, 3.63) is 53.1 Å². The fraction of sp³-hybridized carbons (Fsp3) is 0.333. The van der Waals surface area contributed by atoms with Crippen molar-refractivity contribution in [3.63, 3.8) is 0 Å². The first kappa shape index (κ1) is 22.0. The SMILES string of the molecule is COc1ccc(CC(=O)N=C2SC3CS(=O)(=O)CC3N2c2cc(Cl)ccc2OC)cc1. The standard InChI is InChI=1S/C21H21ClN2O5S2/c1-28-15-6-3-13(4-7-15)9-20(25)23-21-24(16-10-14(22)5-8-18(16)29-2)17-11-31(26,27)12-19(17)30-21/h3-8,10,17,19H,9,11-12H2,1-2H3. The number of anilines is 1. The van der Waals surface area contributed by atoms with Crippen LogP contribution in [0, 0.1) is 0 Å². The van der Waals surface area contributed by atoms with Gasteiger partial charge in [-0.2, -0.15) is 4.99 Å². The molecule has 0 N–H and O–H groups in total. The second-order valence-electron chi connectivity index (χ2n) is 7.30. The summed E-state index contributed by atoms with van der Waals surface area (Å²) in [5.41, 5.74) is 1.41. The van der Waals surface area contributed by atoms with Gasteiger partial charge < -0.3 is 14.4 Å². The maximum Gasteiger partial charge on any atom is 0.252 e. The Morgan fingerprint density at radius 2 is 1.90 bits per heavy atom. The molecule has 2 unspecified atom stereocenters. The number of rotatable bonds is 5. The van der Waals surface area contributed by atoms with Gasteiger partial charge in [0, 0.05) is 10.3 Å².